The van der Waals surface area contributed by atoms with Crippen molar-refractivity contribution >= 4 is 17.3 Å². The first kappa shape index (κ1) is 14.7. The lowest BCUT2D eigenvalue weighted by molar-refractivity contribution is 0.547. The highest BCUT2D eigenvalue weighted by Crippen LogP contribution is 2.29. The van der Waals surface area contributed by atoms with Crippen molar-refractivity contribution in [1.82, 2.24) is 0 Å². The fourth-order valence-electron chi connectivity index (χ4n) is 2.97. The zero-order valence-electron chi connectivity index (χ0n) is 12.0. The summed E-state index contributed by atoms with van der Waals surface area (Å²) in [5, 5.41) is 0.841. The van der Waals surface area contributed by atoms with Gasteiger partial charge in [0.25, 0.3) is 0 Å². The summed E-state index contributed by atoms with van der Waals surface area (Å²) in [6.07, 6.45) is 6.38. The van der Waals surface area contributed by atoms with Crippen LogP contribution in [-0.4, -0.2) is 19.6 Å². The molecular weight excluding hydrogens is 256 g/mol. The zero-order chi connectivity index (χ0) is 13.8. The molecule has 0 saturated heterocycles. The second kappa shape index (κ2) is 6.62. The van der Waals surface area contributed by atoms with Crippen LogP contribution < -0.4 is 10.6 Å². The van der Waals surface area contributed by atoms with Gasteiger partial charge in [-0.15, -0.1) is 0 Å². The average Bonchev–Trinajstić information content (AvgIpc) is 2.84. The summed E-state index contributed by atoms with van der Waals surface area (Å²) in [5.74, 6) is 0.854. The maximum Gasteiger partial charge on any atom is 0.0459 e. The number of nitrogens with two attached hydrogens (primary N) is 1. The molecule has 1 aliphatic rings. The molecule has 0 radical (unpaired) electrons. The molecule has 3 heteroatoms. The van der Waals surface area contributed by atoms with Crippen molar-refractivity contribution in [2.75, 3.05) is 18.5 Å². The summed E-state index contributed by atoms with van der Waals surface area (Å²) in [7, 11) is 2.16. The maximum atomic E-state index is 6.35. The lowest BCUT2D eigenvalue weighted by atomic mass is 10.1. The number of nitrogens with zero attached hydrogens (tertiary/aromatic N) is 1. The summed E-state index contributed by atoms with van der Waals surface area (Å²) < 4.78 is 0. The Bertz CT molecular complexity index is 411. The molecule has 2 rings (SSSR count). The Kier molecular flexibility index (Phi) is 5.12. The van der Waals surface area contributed by atoms with Gasteiger partial charge < -0.3 is 10.6 Å². The molecular formula is C16H25ClN2. The molecule has 1 saturated carbocycles. The van der Waals surface area contributed by atoms with E-state index < -0.39 is 0 Å². The third-order valence-corrected chi connectivity index (χ3v) is 4.38. The molecule has 1 aliphatic carbocycles. The van der Waals surface area contributed by atoms with Crippen molar-refractivity contribution in [3.05, 3.63) is 28.8 Å². The Balaban J connectivity index is 2.01. The van der Waals surface area contributed by atoms with Gasteiger partial charge in [-0.05, 0) is 49.8 Å². The van der Waals surface area contributed by atoms with E-state index >= 15 is 0 Å². The highest BCUT2D eigenvalue weighted by atomic mass is 35.5. The molecule has 106 valence electrons. The first-order chi connectivity index (χ1) is 9.06. The molecule has 0 aliphatic heterocycles. The summed E-state index contributed by atoms with van der Waals surface area (Å²) >= 11 is 6.35. The molecule has 0 amide bonds. The third-order valence-electron chi connectivity index (χ3n) is 4.03. The van der Waals surface area contributed by atoms with Crippen LogP contribution in [0.25, 0.3) is 0 Å². The van der Waals surface area contributed by atoms with Crippen molar-refractivity contribution in [1.29, 1.82) is 0 Å². The Morgan fingerprint density at radius 1 is 1.37 bits per heavy atom. The van der Waals surface area contributed by atoms with Crippen LogP contribution in [0.5, 0.6) is 0 Å². The number of rotatable bonds is 5. The second-order valence-corrected chi connectivity index (χ2v) is 6.40. The lowest BCUT2D eigenvalue weighted by Gasteiger charge is -2.24. The first-order valence-corrected chi connectivity index (χ1v) is 7.69. The minimum atomic E-state index is 0.152. The molecule has 19 heavy (non-hydrogen) atoms. The van der Waals surface area contributed by atoms with Crippen molar-refractivity contribution < 1.29 is 0 Å². The van der Waals surface area contributed by atoms with Gasteiger partial charge in [-0.1, -0.05) is 30.5 Å². The number of hydrogen-bond acceptors (Lipinski definition) is 2. The van der Waals surface area contributed by atoms with Gasteiger partial charge in [0, 0.05) is 30.3 Å². The van der Waals surface area contributed by atoms with E-state index in [1.807, 2.05) is 6.92 Å². The summed E-state index contributed by atoms with van der Waals surface area (Å²) in [6.45, 7) is 3.15. The Morgan fingerprint density at radius 3 is 2.63 bits per heavy atom. The van der Waals surface area contributed by atoms with E-state index in [-0.39, 0.29) is 6.04 Å². The van der Waals surface area contributed by atoms with Gasteiger partial charge in [0.1, 0.15) is 0 Å². The Hall–Kier alpha value is -0.730. The molecule has 1 fully saturated rings. The maximum absolute atomic E-state index is 6.35. The number of benzene rings is 1. The SMILES string of the molecule is CC(N)Cc1ccc(N(C)CC2CCCC2)cc1Cl. The van der Waals surface area contributed by atoms with Gasteiger partial charge in [-0.3, -0.25) is 0 Å². The summed E-state index contributed by atoms with van der Waals surface area (Å²) in [6, 6.07) is 6.51. The van der Waals surface area contributed by atoms with E-state index in [2.05, 4.69) is 30.1 Å². The highest BCUT2D eigenvalue weighted by molar-refractivity contribution is 6.31. The molecule has 0 heterocycles. The Labute approximate surface area is 121 Å². The van der Waals surface area contributed by atoms with Crippen LogP contribution in [0, 0.1) is 5.92 Å². The van der Waals surface area contributed by atoms with E-state index in [0.29, 0.717) is 0 Å². The molecule has 0 bridgehead atoms. The van der Waals surface area contributed by atoms with Gasteiger partial charge in [-0.2, -0.15) is 0 Å². The topological polar surface area (TPSA) is 29.3 Å². The quantitative estimate of drug-likeness (QED) is 0.887. The van der Waals surface area contributed by atoms with Crippen molar-refractivity contribution in [3.8, 4) is 0 Å². The van der Waals surface area contributed by atoms with Crippen LogP contribution in [0.2, 0.25) is 5.02 Å². The van der Waals surface area contributed by atoms with Crippen molar-refractivity contribution in [2.45, 2.75) is 45.1 Å². The molecule has 0 aromatic heterocycles. The minimum Gasteiger partial charge on any atom is -0.374 e. The second-order valence-electron chi connectivity index (χ2n) is 5.99. The molecule has 1 aromatic rings. The van der Waals surface area contributed by atoms with Crippen LogP contribution in [-0.2, 0) is 6.42 Å². The van der Waals surface area contributed by atoms with Crippen LogP contribution in [0.1, 0.15) is 38.2 Å². The van der Waals surface area contributed by atoms with Gasteiger partial charge in [0.15, 0.2) is 0 Å². The van der Waals surface area contributed by atoms with E-state index in [4.69, 9.17) is 17.3 Å². The van der Waals surface area contributed by atoms with Crippen LogP contribution in [0.15, 0.2) is 18.2 Å². The normalized spacial score (nSPS) is 17.7. The van der Waals surface area contributed by atoms with E-state index in [9.17, 15) is 0 Å². The fraction of sp³-hybridized carbons (Fsp3) is 0.625. The number of anilines is 1. The summed E-state index contributed by atoms with van der Waals surface area (Å²) in [5.41, 5.74) is 8.19. The first-order valence-electron chi connectivity index (χ1n) is 7.31. The summed E-state index contributed by atoms with van der Waals surface area (Å²) in [4.78, 5) is 2.33. The van der Waals surface area contributed by atoms with Crippen LogP contribution >= 0.6 is 11.6 Å². The van der Waals surface area contributed by atoms with Gasteiger partial charge >= 0.3 is 0 Å². The van der Waals surface area contributed by atoms with Crippen LogP contribution in [0.4, 0.5) is 5.69 Å². The molecule has 1 aromatic carbocycles. The highest BCUT2D eigenvalue weighted by Gasteiger charge is 2.17. The minimum absolute atomic E-state index is 0.152. The molecule has 0 spiro atoms. The van der Waals surface area contributed by atoms with Gasteiger partial charge in [-0.25, -0.2) is 0 Å². The fourth-order valence-corrected chi connectivity index (χ4v) is 3.22. The number of halogens is 1. The lowest BCUT2D eigenvalue weighted by Crippen LogP contribution is -2.24. The van der Waals surface area contributed by atoms with E-state index in [0.717, 1.165) is 29.5 Å². The molecule has 1 unspecified atom stereocenters. The predicted molar refractivity (Wildman–Crippen MR) is 84.0 cm³/mol. The standard InChI is InChI=1S/C16H25ClN2/c1-12(18)9-14-7-8-15(10-16(14)17)19(2)11-13-5-3-4-6-13/h7-8,10,12-13H,3-6,9,11,18H2,1-2H3. The number of hydrogen-bond donors (Lipinski definition) is 1. The largest absolute Gasteiger partial charge is 0.374 e. The van der Waals surface area contributed by atoms with Gasteiger partial charge in [0.2, 0.25) is 0 Å². The van der Waals surface area contributed by atoms with Crippen molar-refractivity contribution in [2.24, 2.45) is 11.7 Å². The van der Waals surface area contributed by atoms with E-state index in [1.54, 1.807) is 0 Å². The smallest absolute Gasteiger partial charge is 0.0459 e. The average molecular weight is 281 g/mol. The zero-order valence-corrected chi connectivity index (χ0v) is 12.8. The predicted octanol–water partition coefficient (Wildman–Crippen LogP) is 3.86. The molecule has 1 atom stereocenters. The molecule has 2 nitrogen and oxygen atoms in total. The van der Waals surface area contributed by atoms with Crippen molar-refractivity contribution in [3.63, 3.8) is 0 Å². The Morgan fingerprint density at radius 2 is 2.05 bits per heavy atom. The van der Waals surface area contributed by atoms with Gasteiger partial charge in [0.05, 0.1) is 0 Å². The third kappa shape index (κ3) is 4.12. The van der Waals surface area contributed by atoms with E-state index in [1.165, 1.54) is 31.4 Å². The molecule has 2 N–H and O–H groups in total. The monoisotopic (exact) mass is 280 g/mol. The van der Waals surface area contributed by atoms with Crippen LogP contribution in [0.3, 0.4) is 0 Å².